The summed E-state index contributed by atoms with van der Waals surface area (Å²) in [6, 6.07) is 14.0. The number of nitro groups is 1. The Morgan fingerprint density at radius 1 is 0.935 bits per heavy atom. The number of rotatable bonds is 6. The van der Waals surface area contributed by atoms with Crippen molar-refractivity contribution in [1.29, 1.82) is 0 Å². The van der Waals surface area contributed by atoms with Crippen molar-refractivity contribution in [3.8, 4) is 0 Å². The Bertz CT molecular complexity index is 1280. The Morgan fingerprint density at radius 2 is 1.55 bits per heavy atom. The molecule has 0 aliphatic rings. The van der Waals surface area contributed by atoms with Crippen molar-refractivity contribution < 1.29 is 18.1 Å². The molecule has 0 saturated heterocycles. The molecule has 3 aromatic carbocycles. The first-order valence-electron chi connectivity index (χ1n) is 8.71. The second-order valence-electron chi connectivity index (χ2n) is 6.47. The van der Waals surface area contributed by atoms with Gasteiger partial charge in [-0.25, -0.2) is 8.42 Å². The standard InChI is InChI=1S/C20H15Cl2N3O5S/c1-12-2-6-16(23-20(26)17-9-5-14(22)10-18(17)25(27)28)11-19(12)31(29,30)24-15-7-3-13(21)4-8-15/h2-11,24H,1H3,(H,23,26). The quantitative estimate of drug-likeness (QED) is 0.368. The summed E-state index contributed by atoms with van der Waals surface area (Å²) < 4.78 is 28.1. The molecule has 3 aromatic rings. The molecule has 0 aliphatic heterocycles. The van der Waals surface area contributed by atoms with Gasteiger partial charge in [0.2, 0.25) is 0 Å². The number of sulfonamides is 1. The smallest absolute Gasteiger partial charge is 0.283 e. The van der Waals surface area contributed by atoms with Gasteiger partial charge in [-0.3, -0.25) is 19.6 Å². The Morgan fingerprint density at radius 3 is 2.19 bits per heavy atom. The lowest BCUT2D eigenvalue weighted by atomic mass is 10.1. The fourth-order valence-corrected chi connectivity index (χ4v) is 4.36. The largest absolute Gasteiger partial charge is 0.322 e. The Labute approximate surface area is 188 Å². The van der Waals surface area contributed by atoms with Crippen LogP contribution in [0.2, 0.25) is 10.0 Å². The molecule has 0 heterocycles. The van der Waals surface area contributed by atoms with E-state index in [9.17, 15) is 23.3 Å². The highest BCUT2D eigenvalue weighted by Gasteiger charge is 2.22. The summed E-state index contributed by atoms with van der Waals surface area (Å²) in [6.07, 6.45) is 0. The molecular formula is C20H15Cl2N3O5S. The molecule has 1 amide bonds. The Balaban J connectivity index is 1.90. The maximum atomic E-state index is 12.8. The van der Waals surface area contributed by atoms with Crippen LogP contribution in [-0.4, -0.2) is 19.2 Å². The minimum atomic E-state index is -3.98. The topological polar surface area (TPSA) is 118 Å². The molecule has 0 fully saturated rings. The minimum Gasteiger partial charge on any atom is -0.322 e. The number of nitrogens with zero attached hydrogens (tertiary/aromatic N) is 1. The number of halogens is 2. The highest BCUT2D eigenvalue weighted by molar-refractivity contribution is 7.92. The normalized spacial score (nSPS) is 11.1. The van der Waals surface area contributed by atoms with Gasteiger partial charge in [-0.1, -0.05) is 29.3 Å². The Kier molecular flexibility index (Phi) is 6.49. The number of hydrogen-bond donors (Lipinski definition) is 2. The summed E-state index contributed by atoms with van der Waals surface area (Å²) in [5.41, 5.74) is 0.233. The third-order valence-electron chi connectivity index (χ3n) is 4.23. The van der Waals surface area contributed by atoms with Gasteiger partial charge in [-0.05, 0) is 61.0 Å². The molecule has 3 rings (SSSR count). The lowest BCUT2D eigenvalue weighted by Crippen LogP contribution is -2.17. The molecule has 8 nitrogen and oxygen atoms in total. The third kappa shape index (κ3) is 5.32. The van der Waals surface area contributed by atoms with Gasteiger partial charge in [0, 0.05) is 27.5 Å². The van der Waals surface area contributed by atoms with Crippen LogP contribution in [0, 0.1) is 17.0 Å². The number of amides is 1. The first kappa shape index (κ1) is 22.5. The molecule has 0 atom stereocenters. The van der Waals surface area contributed by atoms with Crippen molar-refractivity contribution in [1.82, 2.24) is 0 Å². The molecule has 160 valence electrons. The van der Waals surface area contributed by atoms with Gasteiger partial charge in [-0.15, -0.1) is 0 Å². The van der Waals surface area contributed by atoms with Crippen molar-refractivity contribution >= 4 is 56.2 Å². The van der Waals surface area contributed by atoms with E-state index in [1.54, 1.807) is 19.1 Å². The van der Waals surface area contributed by atoms with Crippen molar-refractivity contribution in [2.24, 2.45) is 0 Å². The first-order valence-corrected chi connectivity index (χ1v) is 10.9. The molecule has 11 heteroatoms. The summed E-state index contributed by atoms with van der Waals surface area (Å²) in [6.45, 7) is 1.60. The molecule has 0 aliphatic carbocycles. The zero-order chi connectivity index (χ0) is 22.8. The van der Waals surface area contributed by atoms with Gasteiger partial charge in [0.15, 0.2) is 0 Å². The van der Waals surface area contributed by atoms with E-state index in [1.165, 1.54) is 42.5 Å². The summed E-state index contributed by atoms with van der Waals surface area (Å²) in [7, 11) is -3.98. The number of anilines is 2. The highest BCUT2D eigenvalue weighted by Crippen LogP contribution is 2.27. The van der Waals surface area contributed by atoms with Gasteiger partial charge in [0.1, 0.15) is 5.56 Å². The van der Waals surface area contributed by atoms with Gasteiger partial charge >= 0.3 is 0 Å². The zero-order valence-electron chi connectivity index (χ0n) is 15.9. The maximum absolute atomic E-state index is 12.8. The number of aryl methyl sites for hydroxylation is 1. The van der Waals surface area contributed by atoms with E-state index in [4.69, 9.17) is 23.2 Å². The number of nitro benzene ring substituents is 1. The lowest BCUT2D eigenvalue weighted by Gasteiger charge is -2.13. The number of benzene rings is 3. The van der Waals surface area contributed by atoms with Crippen molar-refractivity contribution in [3.05, 3.63) is 92.0 Å². The van der Waals surface area contributed by atoms with E-state index in [2.05, 4.69) is 10.0 Å². The van der Waals surface area contributed by atoms with Gasteiger partial charge < -0.3 is 5.32 Å². The van der Waals surface area contributed by atoms with Crippen LogP contribution in [0.4, 0.5) is 17.1 Å². The predicted octanol–water partition coefficient (Wildman–Crippen LogP) is 5.26. The van der Waals surface area contributed by atoms with E-state index >= 15 is 0 Å². The monoisotopic (exact) mass is 479 g/mol. The average Bonchev–Trinajstić information content (AvgIpc) is 2.70. The van der Waals surface area contributed by atoms with Crippen LogP contribution in [0.5, 0.6) is 0 Å². The molecule has 0 aromatic heterocycles. The number of nitrogens with one attached hydrogen (secondary N) is 2. The number of carbonyl (C=O) groups excluding carboxylic acids is 1. The molecule has 0 saturated carbocycles. The van der Waals surface area contributed by atoms with E-state index in [1.807, 2.05) is 0 Å². The fraction of sp³-hybridized carbons (Fsp3) is 0.0500. The van der Waals surface area contributed by atoms with Crippen LogP contribution in [0.25, 0.3) is 0 Å². The van der Waals surface area contributed by atoms with Crippen LogP contribution in [0.3, 0.4) is 0 Å². The summed E-state index contributed by atoms with van der Waals surface area (Å²) >= 11 is 11.6. The Hall–Kier alpha value is -3.14. The molecular weight excluding hydrogens is 465 g/mol. The van der Waals surface area contributed by atoms with E-state index in [-0.39, 0.29) is 21.2 Å². The molecule has 0 radical (unpaired) electrons. The number of hydrogen-bond acceptors (Lipinski definition) is 5. The summed E-state index contributed by atoms with van der Waals surface area (Å²) in [5.74, 6) is -0.777. The van der Waals surface area contributed by atoms with E-state index < -0.39 is 26.5 Å². The van der Waals surface area contributed by atoms with E-state index in [0.29, 0.717) is 16.3 Å². The molecule has 0 bridgehead atoms. The second kappa shape index (κ2) is 8.93. The van der Waals surface area contributed by atoms with E-state index in [0.717, 1.165) is 6.07 Å². The maximum Gasteiger partial charge on any atom is 0.283 e. The predicted molar refractivity (Wildman–Crippen MR) is 119 cm³/mol. The van der Waals surface area contributed by atoms with Gasteiger partial charge in [-0.2, -0.15) is 0 Å². The van der Waals surface area contributed by atoms with Crippen molar-refractivity contribution in [2.45, 2.75) is 11.8 Å². The highest BCUT2D eigenvalue weighted by atomic mass is 35.5. The second-order valence-corrected chi connectivity index (χ2v) is 8.99. The molecule has 31 heavy (non-hydrogen) atoms. The van der Waals surface area contributed by atoms with Crippen LogP contribution >= 0.6 is 23.2 Å². The van der Waals surface area contributed by atoms with Gasteiger partial charge in [0.05, 0.1) is 9.82 Å². The summed E-state index contributed by atoms with van der Waals surface area (Å²) in [5, 5.41) is 14.3. The lowest BCUT2D eigenvalue weighted by molar-refractivity contribution is -0.385. The molecule has 2 N–H and O–H groups in total. The van der Waals surface area contributed by atoms with Crippen LogP contribution < -0.4 is 10.0 Å². The fourth-order valence-electron chi connectivity index (χ4n) is 2.74. The molecule has 0 unspecified atom stereocenters. The molecule has 0 spiro atoms. The average molecular weight is 480 g/mol. The van der Waals surface area contributed by atoms with Crippen molar-refractivity contribution in [3.63, 3.8) is 0 Å². The summed E-state index contributed by atoms with van der Waals surface area (Å²) in [4.78, 5) is 23.0. The van der Waals surface area contributed by atoms with Crippen LogP contribution in [-0.2, 0) is 10.0 Å². The third-order valence-corrected chi connectivity index (χ3v) is 6.24. The van der Waals surface area contributed by atoms with Crippen LogP contribution in [0.1, 0.15) is 15.9 Å². The number of carbonyl (C=O) groups is 1. The van der Waals surface area contributed by atoms with Crippen LogP contribution in [0.15, 0.2) is 65.6 Å². The van der Waals surface area contributed by atoms with Gasteiger partial charge in [0.25, 0.3) is 21.6 Å². The zero-order valence-corrected chi connectivity index (χ0v) is 18.3. The SMILES string of the molecule is Cc1ccc(NC(=O)c2ccc(Cl)cc2[N+](=O)[O-])cc1S(=O)(=O)Nc1ccc(Cl)cc1. The first-order chi connectivity index (χ1) is 14.6. The van der Waals surface area contributed by atoms with Crippen molar-refractivity contribution in [2.75, 3.05) is 10.0 Å². The minimum absolute atomic E-state index is 0.0640.